The van der Waals surface area contributed by atoms with Crippen molar-refractivity contribution < 1.29 is 4.74 Å². The summed E-state index contributed by atoms with van der Waals surface area (Å²) in [6.07, 6.45) is 15.1. The van der Waals surface area contributed by atoms with E-state index in [1.807, 2.05) is 0 Å². The Bertz CT molecular complexity index is 226. The molecule has 3 unspecified atom stereocenters. The quantitative estimate of drug-likeness (QED) is 0.527. The molecule has 0 amide bonds. The average molecular weight is 298 g/mol. The summed E-state index contributed by atoms with van der Waals surface area (Å²) in [4.78, 5) is 0. The maximum absolute atomic E-state index is 5.90. The van der Waals surface area contributed by atoms with Crippen molar-refractivity contribution in [3.05, 3.63) is 0 Å². The number of hydrogen-bond donors (Lipinski definition) is 1. The van der Waals surface area contributed by atoms with Crippen LogP contribution < -0.4 is 5.32 Å². The van der Waals surface area contributed by atoms with E-state index in [0.717, 1.165) is 12.5 Å². The van der Waals surface area contributed by atoms with E-state index in [9.17, 15) is 0 Å². The second kappa shape index (κ2) is 12.5. The van der Waals surface area contributed by atoms with E-state index in [1.54, 1.807) is 0 Å². The predicted molar refractivity (Wildman–Crippen MR) is 92.8 cm³/mol. The third-order valence-electron chi connectivity index (χ3n) is 4.96. The van der Waals surface area contributed by atoms with Crippen LogP contribution in [0.1, 0.15) is 91.4 Å². The lowest BCUT2D eigenvalue weighted by Crippen LogP contribution is -2.33. The second-order valence-electron chi connectivity index (χ2n) is 6.87. The van der Waals surface area contributed by atoms with E-state index in [4.69, 9.17) is 4.74 Å². The standard InChI is InChI=1S/C19H39NO/c1-4-7-10-17(6-3)16-18(20-14-5-2)12-13-19-11-8-9-15-21-19/h17-20H,4-16H2,1-3H3. The van der Waals surface area contributed by atoms with Gasteiger partial charge in [-0.15, -0.1) is 0 Å². The lowest BCUT2D eigenvalue weighted by Gasteiger charge is -2.27. The van der Waals surface area contributed by atoms with Crippen molar-refractivity contribution in [1.82, 2.24) is 5.32 Å². The molecule has 0 bridgehead atoms. The first-order valence-corrected chi connectivity index (χ1v) is 9.65. The molecule has 3 atom stereocenters. The molecule has 1 rings (SSSR count). The fraction of sp³-hybridized carbons (Fsp3) is 1.00. The molecule has 0 aromatic heterocycles. The Balaban J connectivity index is 2.33. The van der Waals surface area contributed by atoms with E-state index < -0.39 is 0 Å². The van der Waals surface area contributed by atoms with Crippen molar-refractivity contribution in [2.45, 2.75) is 104 Å². The van der Waals surface area contributed by atoms with E-state index in [2.05, 4.69) is 26.1 Å². The topological polar surface area (TPSA) is 21.3 Å². The highest BCUT2D eigenvalue weighted by Gasteiger charge is 2.19. The van der Waals surface area contributed by atoms with Gasteiger partial charge in [-0.25, -0.2) is 0 Å². The number of unbranched alkanes of at least 4 members (excludes halogenated alkanes) is 1. The molecule has 1 N–H and O–H groups in total. The van der Waals surface area contributed by atoms with Gasteiger partial charge in [-0.2, -0.15) is 0 Å². The normalized spacial score (nSPS) is 22.1. The van der Waals surface area contributed by atoms with Gasteiger partial charge in [0.15, 0.2) is 0 Å². The Morgan fingerprint density at radius 1 is 1.10 bits per heavy atom. The van der Waals surface area contributed by atoms with Gasteiger partial charge >= 0.3 is 0 Å². The Morgan fingerprint density at radius 2 is 1.95 bits per heavy atom. The lowest BCUT2D eigenvalue weighted by atomic mass is 9.89. The van der Waals surface area contributed by atoms with Crippen molar-refractivity contribution >= 4 is 0 Å². The van der Waals surface area contributed by atoms with Crippen LogP contribution in [0.25, 0.3) is 0 Å². The molecular weight excluding hydrogens is 258 g/mol. The van der Waals surface area contributed by atoms with Crippen LogP contribution in [0.2, 0.25) is 0 Å². The SMILES string of the molecule is CCCCC(CC)CC(CCC1CCCCO1)NCCC. The van der Waals surface area contributed by atoms with Crippen molar-refractivity contribution in [3.8, 4) is 0 Å². The molecule has 0 aromatic carbocycles. The van der Waals surface area contributed by atoms with Crippen LogP contribution >= 0.6 is 0 Å². The smallest absolute Gasteiger partial charge is 0.0575 e. The van der Waals surface area contributed by atoms with Crippen molar-refractivity contribution in [2.24, 2.45) is 5.92 Å². The molecule has 0 spiro atoms. The monoisotopic (exact) mass is 297 g/mol. The first-order chi connectivity index (χ1) is 10.3. The largest absolute Gasteiger partial charge is 0.378 e. The van der Waals surface area contributed by atoms with E-state index >= 15 is 0 Å². The molecule has 21 heavy (non-hydrogen) atoms. The van der Waals surface area contributed by atoms with Crippen LogP contribution in [-0.4, -0.2) is 25.3 Å². The molecule has 2 nitrogen and oxygen atoms in total. The minimum Gasteiger partial charge on any atom is -0.378 e. The highest BCUT2D eigenvalue weighted by Crippen LogP contribution is 2.23. The molecule has 2 heteroatoms. The molecule has 1 saturated heterocycles. The fourth-order valence-corrected chi connectivity index (χ4v) is 3.46. The summed E-state index contributed by atoms with van der Waals surface area (Å²) in [5.74, 6) is 0.909. The summed E-state index contributed by atoms with van der Waals surface area (Å²) < 4.78 is 5.90. The average Bonchev–Trinajstić information content (AvgIpc) is 2.54. The summed E-state index contributed by atoms with van der Waals surface area (Å²) in [7, 11) is 0. The van der Waals surface area contributed by atoms with Gasteiger partial charge in [-0.05, 0) is 57.4 Å². The lowest BCUT2D eigenvalue weighted by molar-refractivity contribution is 0.00813. The van der Waals surface area contributed by atoms with Crippen LogP contribution in [0, 0.1) is 5.92 Å². The Hall–Kier alpha value is -0.0800. The van der Waals surface area contributed by atoms with Gasteiger partial charge in [-0.3, -0.25) is 0 Å². The number of rotatable bonds is 12. The molecule has 0 radical (unpaired) electrons. The van der Waals surface area contributed by atoms with Gasteiger partial charge in [0.25, 0.3) is 0 Å². The summed E-state index contributed by atoms with van der Waals surface area (Å²) in [6, 6.07) is 0.706. The Morgan fingerprint density at radius 3 is 2.57 bits per heavy atom. The summed E-state index contributed by atoms with van der Waals surface area (Å²) in [6.45, 7) is 9.09. The number of nitrogens with one attached hydrogen (secondary N) is 1. The third-order valence-corrected chi connectivity index (χ3v) is 4.96. The molecule has 1 fully saturated rings. The maximum atomic E-state index is 5.90. The zero-order chi connectivity index (χ0) is 15.3. The fourth-order valence-electron chi connectivity index (χ4n) is 3.46. The van der Waals surface area contributed by atoms with Crippen LogP contribution in [0.15, 0.2) is 0 Å². The van der Waals surface area contributed by atoms with Gasteiger partial charge < -0.3 is 10.1 Å². The zero-order valence-electron chi connectivity index (χ0n) is 14.8. The third kappa shape index (κ3) is 8.83. The van der Waals surface area contributed by atoms with Crippen LogP contribution in [-0.2, 0) is 4.74 Å². The molecule has 1 aliphatic heterocycles. The molecule has 0 aromatic rings. The number of hydrogen-bond acceptors (Lipinski definition) is 2. The van der Waals surface area contributed by atoms with Crippen LogP contribution in [0.3, 0.4) is 0 Å². The first kappa shape index (κ1) is 19.0. The van der Waals surface area contributed by atoms with Crippen LogP contribution in [0.4, 0.5) is 0 Å². The van der Waals surface area contributed by atoms with Crippen molar-refractivity contribution in [2.75, 3.05) is 13.2 Å². The highest BCUT2D eigenvalue weighted by atomic mass is 16.5. The zero-order valence-corrected chi connectivity index (χ0v) is 14.8. The van der Waals surface area contributed by atoms with Crippen LogP contribution in [0.5, 0.6) is 0 Å². The molecule has 0 aliphatic carbocycles. The minimum atomic E-state index is 0.542. The summed E-state index contributed by atoms with van der Waals surface area (Å²) in [5, 5.41) is 3.79. The summed E-state index contributed by atoms with van der Waals surface area (Å²) in [5.41, 5.74) is 0. The predicted octanol–water partition coefficient (Wildman–Crippen LogP) is 5.31. The minimum absolute atomic E-state index is 0.542. The second-order valence-corrected chi connectivity index (χ2v) is 6.87. The van der Waals surface area contributed by atoms with Gasteiger partial charge in [0.2, 0.25) is 0 Å². The van der Waals surface area contributed by atoms with E-state index in [-0.39, 0.29) is 0 Å². The highest BCUT2D eigenvalue weighted by molar-refractivity contribution is 4.75. The van der Waals surface area contributed by atoms with Crippen molar-refractivity contribution in [1.29, 1.82) is 0 Å². The van der Waals surface area contributed by atoms with Gasteiger partial charge in [0, 0.05) is 12.6 Å². The first-order valence-electron chi connectivity index (χ1n) is 9.65. The Kier molecular flexibility index (Phi) is 11.3. The molecular formula is C19H39NO. The molecule has 1 heterocycles. The van der Waals surface area contributed by atoms with Crippen molar-refractivity contribution in [3.63, 3.8) is 0 Å². The molecule has 0 saturated carbocycles. The molecule has 126 valence electrons. The van der Waals surface area contributed by atoms with E-state index in [1.165, 1.54) is 77.2 Å². The van der Waals surface area contributed by atoms with Gasteiger partial charge in [-0.1, -0.05) is 46.5 Å². The number of ether oxygens (including phenoxy) is 1. The van der Waals surface area contributed by atoms with Gasteiger partial charge in [0.1, 0.15) is 0 Å². The Labute approximate surface area is 133 Å². The van der Waals surface area contributed by atoms with E-state index in [0.29, 0.717) is 12.1 Å². The molecule has 1 aliphatic rings. The summed E-state index contributed by atoms with van der Waals surface area (Å²) >= 11 is 0. The van der Waals surface area contributed by atoms with Gasteiger partial charge in [0.05, 0.1) is 6.10 Å². The maximum Gasteiger partial charge on any atom is 0.0575 e.